The molecule has 0 radical (unpaired) electrons. The standard InChI is InChI=1S/C18H25FN2O2.ClH/c1-12(21-17(22)18(20)8-2-3-9-18)14-6-7-16(15(19)10-14)23-11-13-4-5-13;/h6-7,10,12-13H,2-5,8-9,11,20H2,1H3,(H,21,22);1H. The highest BCUT2D eigenvalue weighted by Gasteiger charge is 2.37. The van der Waals surface area contributed by atoms with Gasteiger partial charge in [0.25, 0.3) is 0 Å². The topological polar surface area (TPSA) is 64.4 Å². The van der Waals surface area contributed by atoms with E-state index in [4.69, 9.17) is 10.5 Å². The van der Waals surface area contributed by atoms with Crippen LogP contribution in [0.15, 0.2) is 18.2 Å². The Labute approximate surface area is 148 Å². The van der Waals surface area contributed by atoms with Gasteiger partial charge in [0.2, 0.25) is 5.91 Å². The zero-order valence-corrected chi connectivity index (χ0v) is 14.8. The van der Waals surface area contributed by atoms with E-state index in [1.807, 2.05) is 6.92 Å². The number of nitrogens with one attached hydrogen (secondary N) is 1. The summed E-state index contributed by atoms with van der Waals surface area (Å²) in [6.45, 7) is 2.42. The molecule has 2 fully saturated rings. The summed E-state index contributed by atoms with van der Waals surface area (Å²) in [4.78, 5) is 12.3. The van der Waals surface area contributed by atoms with E-state index in [1.165, 1.54) is 18.9 Å². The van der Waals surface area contributed by atoms with Crippen LogP contribution in [0.3, 0.4) is 0 Å². The normalized spacial score (nSPS) is 20.1. The average molecular weight is 357 g/mol. The van der Waals surface area contributed by atoms with Crippen molar-refractivity contribution in [3.8, 4) is 5.75 Å². The highest BCUT2D eigenvalue weighted by molar-refractivity contribution is 5.86. The Kier molecular flexibility index (Phi) is 6.10. The Hall–Kier alpha value is -1.33. The number of hydrogen-bond acceptors (Lipinski definition) is 3. The molecule has 0 heterocycles. The molecule has 24 heavy (non-hydrogen) atoms. The van der Waals surface area contributed by atoms with Crippen LogP contribution in [0.1, 0.15) is 57.1 Å². The molecule has 0 saturated heterocycles. The molecule has 0 bridgehead atoms. The highest BCUT2D eigenvalue weighted by atomic mass is 35.5. The van der Waals surface area contributed by atoms with Gasteiger partial charge in [-0.1, -0.05) is 18.9 Å². The van der Waals surface area contributed by atoms with Crippen molar-refractivity contribution in [3.63, 3.8) is 0 Å². The van der Waals surface area contributed by atoms with Crippen LogP contribution in [0.25, 0.3) is 0 Å². The monoisotopic (exact) mass is 356 g/mol. The van der Waals surface area contributed by atoms with Crippen LogP contribution in [0.4, 0.5) is 4.39 Å². The van der Waals surface area contributed by atoms with Gasteiger partial charge in [-0.25, -0.2) is 4.39 Å². The third-order valence-corrected chi connectivity index (χ3v) is 4.92. The van der Waals surface area contributed by atoms with Crippen molar-refractivity contribution >= 4 is 18.3 Å². The van der Waals surface area contributed by atoms with Crippen LogP contribution < -0.4 is 15.8 Å². The van der Waals surface area contributed by atoms with E-state index in [9.17, 15) is 9.18 Å². The molecule has 4 nitrogen and oxygen atoms in total. The van der Waals surface area contributed by atoms with Crippen LogP contribution in [0, 0.1) is 11.7 Å². The van der Waals surface area contributed by atoms with E-state index in [2.05, 4.69) is 5.32 Å². The second kappa shape index (κ2) is 7.70. The molecule has 2 aliphatic rings. The van der Waals surface area contributed by atoms with Crippen molar-refractivity contribution in [1.29, 1.82) is 0 Å². The molecule has 134 valence electrons. The highest BCUT2D eigenvalue weighted by Crippen LogP contribution is 2.31. The second-order valence-corrected chi connectivity index (χ2v) is 7.00. The lowest BCUT2D eigenvalue weighted by molar-refractivity contribution is -0.126. The fraction of sp³-hybridized carbons (Fsp3) is 0.611. The molecular weight excluding hydrogens is 331 g/mol. The van der Waals surface area contributed by atoms with Crippen molar-refractivity contribution < 1.29 is 13.9 Å². The van der Waals surface area contributed by atoms with Gasteiger partial charge in [-0.15, -0.1) is 12.4 Å². The minimum Gasteiger partial charge on any atom is -0.490 e. The predicted molar refractivity (Wildman–Crippen MR) is 93.8 cm³/mol. The summed E-state index contributed by atoms with van der Waals surface area (Å²) in [6.07, 6.45) is 5.74. The number of carbonyl (C=O) groups is 1. The summed E-state index contributed by atoms with van der Waals surface area (Å²) >= 11 is 0. The summed E-state index contributed by atoms with van der Waals surface area (Å²) in [6, 6.07) is 4.60. The van der Waals surface area contributed by atoms with Crippen LogP contribution in [-0.4, -0.2) is 18.1 Å². The smallest absolute Gasteiger partial charge is 0.240 e. The number of halogens is 2. The molecule has 1 aromatic rings. The molecular formula is C18H26ClFN2O2. The maximum Gasteiger partial charge on any atom is 0.240 e. The molecule has 1 unspecified atom stereocenters. The Morgan fingerprint density at radius 3 is 2.67 bits per heavy atom. The Morgan fingerprint density at radius 2 is 2.08 bits per heavy atom. The SMILES string of the molecule is CC(NC(=O)C1(N)CCCC1)c1ccc(OCC2CC2)c(F)c1.Cl. The lowest BCUT2D eigenvalue weighted by Gasteiger charge is -2.25. The van der Waals surface area contributed by atoms with Gasteiger partial charge in [-0.3, -0.25) is 4.79 Å². The van der Waals surface area contributed by atoms with Gasteiger partial charge >= 0.3 is 0 Å². The minimum atomic E-state index is -0.764. The van der Waals surface area contributed by atoms with Crippen molar-refractivity contribution in [1.82, 2.24) is 5.32 Å². The summed E-state index contributed by atoms with van der Waals surface area (Å²) in [5.74, 6) is 0.342. The summed E-state index contributed by atoms with van der Waals surface area (Å²) in [5.41, 5.74) is 6.11. The van der Waals surface area contributed by atoms with E-state index >= 15 is 0 Å². The van der Waals surface area contributed by atoms with Gasteiger partial charge in [-0.2, -0.15) is 0 Å². The largest absolute Gasteiger partial charge is 0.490 e. The average Bonchev–Trinajstić information content (AvgIpc) is 3.25. The van der Waals surface area contributed by atoms with Crippen molar-refractivity contribution in [3.05, 3.63) is 29.6 Å². The number of carbonyl (C=O) groups excluding carboxylic acids is 1. The third kappa shape index (κ3) is 4.39. The first kappa shape index (κ1) is 19.0. The molecule has 2 saturated carbocycles. The molecule has 0 spiro atoms. The van der Waals surface area contributed by atoms with Gasteiger partial charge < -0.3 is 15.8 Å². The molecule has 1 amide bonds. The van der Waals surface area contributed by atoms with E-state index in [1.54, 1.807) is 12.1 Å². The molecule has 0 aromatic heterocycles. The van der Waals surface area contributed by atoms with Crippen LogP contribution in [0.5, 0.6) is 5.75 Å². The first-order valence-electron chi connectivity index (χ1n) is 8.50. The number of nitrogens with two attached hydrogens (primary N) is 1. The van der Waals surface area contributed by atoms with E-state index < -0.39 is 5.54 Å². The van der Waals surface area contributed by atoms with Gasteiger partial charge in [0.05, 0.1) is 18.2 Å². The zero-order chi connectivity index (χ0) is 16.4. The molecule has 6 heteroatoms. The van der Waals surface area contributed by atoms with Gasteiger partial charge in [-0.05, 0) is 56.2 Å². The molecule has 1 atom stereocenters. The molecule has 3 rings (SSSR count). The fourth-order valence-electron chi connectivity index (χ4n) is 3.05. The molecule has 1 aromatic carbocycles. The van der Waals surface area contributed by atoms with Gasteiger partial charge in [0, 0.05) is 0 Å². The zero-order valence-electron chi connectivity index (χ0n) is 14.0. The minimum absolute atomic E-state index is 0. The number of ether oxygens (including phenoxy) is 1. The van der Waals surface area contributed by atoms with Crippen LogP contribution in [0.2, 0.25) is 0 Å². The summed E-state index contributed by atoms with van der Waals surface area (Å²) in [7, 11) is 0. The Morgan fingerprint density at radius 1 is 1.42 bits per heavy atom. The lowest BCUT2D eigenvalue weighted by Crippen LogP contribution is -2.52. The third-order valence-electron chi connectivity index (χ3n) is 4.92. The van der Waals surface area contributed by atoms with Crippen LogP contribution >= 0.6 is 12.4 Å². The van der Waals surface area contributed by atoms with E-state index in [0.29, 0.717) is 25.4 Å². The Balaban J connectivity index is 0.00000208. The Bertz CT molecular complexity index is 586. The fourth-order valence-corrected chi connectivity index (χ4v) is 3.05. The molecule has 2 aliphatic carbocycles. The first-order valence-corrected chi connectivity index (χ1v) is 8.50. The number of rotatable bonds is 6. The van der Waals surface area contributed by atoms with E-state index in [0.717, 1.165) is 18.4 Å². The van der Waals surface area contributed by atoms with Crippen molar-refractivity contribution in [2.24, 2.45) is 11.7 Å². The number of benzene rings is 1. The molecule has 0 aliphatic heterocycles. The van der Waals surface area contributed by atoms with Gasteiger partial charge in [0.15, 0.2) is 11.6 Å². The first-order chi connectivity index (χ1) is 11.0. The number of amides is 1. The second-order valence-electron chi connectivity index (χ2n) is 7.00. The molecule has 3 N–H and O–H groups in total. The number of hydrogen-bond donors (Lipinski definition) is 2. The predicted octanol–water partition coefficient (Wildman–Crippen LogP) is 3.49. The maximum absolute atomic E-state index is 14.1. The quantitative estimate of drug-likeness (QED) is 0.820. The maximum atomic E-state index is 14.1. The summed E-state index contributed by atoms with van der Waals surface area (Å²) < 4.78 is 19.6. The van der Waals surface area contributed by atoms with E-state index in [-0.39, 0.29) is 35.9 Å². The summed E-state index contributed by atoms with van der Waals surface area (Å²) in [5, 5.41) is 2.91. The lowest BCUT2D eigenvalue weighted by atomic mass is 9.97. The van der Waals surface area contributed by atoms with Crippen molar-refractivity contribution in [2.45, 2.75) is 57.0 Å². The van der Waals surface area contributed by atoms with Crippen LogP contribution in [-0.2, 0) is 4.79 Å². The van der Waals surface area contributed by atoms with Gasteiger partial charge in [0.1, 0.15) is 0 Å². The van der Waals surface area contributed by atoms with Crippen molar-refractivity contribution in [2.75, 3.05) is 6.61 Å².